The molecule has 0 spiro atoms. The third-order valence-electron chi connectivity index (χ3n) is 15.0. The zero-order chi connectivity index (χ0) is 59.9. The summed E-state index contributed by atoms with van der Waals surface area (Å²) in [5.41, 5.74) is 0. The number of rotatable bonds is 63. The second kappa shape index (κ2) is 70.3. The van der Waals surface area contributed by atoms with Crippen LogP contribution in [0.1, 0.15) is 329 Å². The Morgan fingerprint density at radius 2 is 0.470 bits per heavy atom. The Kier molecular flexibility index (Phi) is 66.7. The first kappa shape index (κ1) is 78.8. The molecule has 0 saturated carbocycles. The number of ether oxygens (including phenoxy) is 3. The van der Waals surface area contributed by atoms with E-state index in [4.69, 9.17) is 14.2 Å². The van der Waals surface area contributed by atoms with Crippen LogP contribution in [0.5, 0.6) is 0 Å². The van der Waals surface area contributed by atoms with Gasteiger partial charge in [-0.15, -0.1) is 0 Å². The molecule has 83 heavy (non-hydrogen) atoms. The van der Waals surface area contributed by atoms with Crippen LogP contribution in [0.3, 0.4) is 0 Å². The fourth-order valence-electron chi connectivity index (χ4n) is 9.73. The second-order valence-corrected chi connectivity index (χ2v) is 23.1. The van der Waals surface area contributed by atoms with Crippen LogP contribution in [-0.4, -0.2) is 37.2 Å². The number of allylic oxidation sites excluding steroid dienone is 20. The van der Waals surface area contributed by atoms with Crippen molar-refractivity contribution in [2.45, 2.75) is 335 Å². The van der Waals surface area contributed by atoms with Crippen molar-refractivity contribution < 1.29 is 28.6 Å². The molecule has 0 aliphatic rings. The van der Waals surface area contributed by atoms with Crippen molar-refractivity contribution in [2.75, 3.05) is 13.2 Å². The highest BCUT2D eigenvalue weighted by Gasteiger charge is 2.19. The molecule has 0 aromatic heterocycles. The molecular weight excluding hydrogens is 1020 g/mol. The lowest BCUT2D eigenvalue weighted by molar-refractivity contribution is -0.167. The molecule has 1 unspecified atom stereocenters. The molecule has 6 heteroatoms. The monoisotopic (exact) mass is 1150 g/mol. The van der Waals surface area contributed by atoms with Crippen LogP contribution in [0, 0.1) is 0 Å². The minimum Gasteiger partial charge on any atom is -0.462 e. The standard InChI is InChI=1S/C77H130O6/c1-4-7-10-13-16-19-22-24-26-28-30-32-34-35-36-37-38-39-40-41-43-44-46-48-50-52-55-58-61-64-67-70-76(79)82-73-74(72-81-75(78)69-66-63-60-57-54-21-18-15-12-9-6-3)83-77(80)71-68-65-62-59-56-53-51-49-47-45-42-33-31-29-27-25-23-20-17-14-11-8-5-2/h7,10,16,19,24,26,29-32,35-36,38-39,41,43,46,48,52,55,74H,4-6,8-9,11-15,17-18,20-23,25,27-28,33-34,37,40,42,44-45,47,49-51,53-54,56-73H2,1-3H3/b10-7-,19-16-,26-24-,31-29-,32-30-,36-35-,39-38-,43-41-,48-46-,55-52-. The highest BCUT2D eigenvalue weighted by atomic mass is 16.6. The molecule has 0 bridgehead atoms. The lowest BCUT2D eigenvalue weighted by Gasteiger charge is -2.18. The van der Waals surface area contributed by atoms with E-state index < -0.39 is 6.10 Å². The van der Waals surface area contributed by atoms with Gasteiger partial charge in [0.15, 0.2) is 6.10 Å². The van der Waals surface area contributed by atoms with Crippen molar-refractivity contribution in [1.29, 1.82) is 0 Å². The van der Waals surface area contributed by atoms with Gasteiger partial charge in [0.2, 0.25) is 0 Å². The highest BCUT2D eigenvalue weighted by Crippen LogP contribution is 2.16. The molecule has 0 aromatic carbocycles. The van der Waals surface area contributed by atoms with Gasteiger partial charge in [0.25, 0.3) is 0 Å². The summed E-state index contributed by atoms with van der Waals surface area (Å²) >= 11 is 0. The zero-order valence-electron chi connectivity index (χ0n) is 54.4. The Morgan fingerprint density at radius 1 is 0.253 bits per heavy atom. The van der Waals surface area contributed by atoms with Crippen molar-refractivity contribution in [3.8, 4) is 0 Å². The molecular formula is C77H130O6. The summed E-state index contributed by atoms with van der Waals surface area (Å²) < 4.78 is 16.9. The van der Waals surface area contributed by atoms with Crippen LogP contribution in [-0.2, 0) is 28.6 Å². The molecule has 0 radical (unpaired) electrons. The van der Waals surface area contributed by atoms with Crippen molar-refractivity contribution in [2.24, 2.45) is 0 Å². The second-order valence-electron chi connectivity index (χ2n) is 23.1. The maximum absolute atomic E-state index is 12.9. The van der Waals surface area contributed by atoms with Gasteiger partial charge in [0, 0.05) is 19.3 Å². The molecule has 474 valence electrons. The Labute approximate surface area is 513 Å². The lowest BCUT2D eigenvalue weighted by atomic mass is 10.0. The van der Waals surface area contributed by atoms with Crippen LogP contribution in [0.2, 0.25) is 0 Å². The maximum atomic E-state index is 12.9. The maximum Gasteiger partial charge on any atom is 0.306 e. The summed E-state index contributed by atoms with van der Waals surface area (Å²) in [5, 5.41) is 0. The van der Waals surface area contributed by atoms with Gasteiger partial charge in [-0.2, -0.15) is 0 Å². The Hall–Kier alpha value is -4.19. The molecule has 0 rings (SSSR count). The van der Waals surface area contributed by atoms with Gasteiger partial charge >= 0.3 is 17.9 Å². The van der Waals surface area contributed by atoms with Crippen LogP contribution in [0.4, 0.5) is 0 Å². The molecule has 0 amide bonds. The highest BCUT2D eigenvalue weighted by molar-refractivity contribution is 5.71. The normalized spacial score (nSPS) is 12.9. The number of carbonyl (C=O) groups excluding carboxylic acids is 3. The summed E-state index contributed by atoms with van der Waals surface area (Å²) in [7, 11) is 0. The zero-order valence-corrected chi connectivity index (χ0v) is 54.4. The quantitative estimate of drug-likeness (QED) is 0.0261. The minimum absolute atomic E-state index is 0.0877. The topological polar surface area (TPSA) is 78.9 Å². The van der Waals surface area contributed by atoms with Gasteiger partial charge in [-0.1, -0.05) is 316 Å². The fourth-order valence-corrected chi connectivity index (χ4v) is 9.73. The van der Waals surface area contributed by atoms with Gasteiger partial charge < -0.3 is 14.2 Å². The van der Waals surface area contributed by atoms with E-state index in [0.29, 0.717) is 19.3 Å². The van der Waals surface area contributed by atoms with Crippen LogP contribution < -0.4 is 0 Å². The van der Waals surface area contributed by atoms with Crippen molar-refractivity contribution >= 4 is 17.9 Å². The van der Waals surface area contributed by atoms with Gasteiger partial charge in [-0.05, 0) is 116 Å². The van der Waals surface area contributed by atoms with E-state index in [0.717, 1.165) is 122 Å². The minimum atomic E-state index is -0.794. The van der Waals surface area contributed by atoms with E-state index in [1.54, 1.807) is 0 Å². The van der Waals surface area contributed by atoms with E-state index in [1.165, 1.54) is 167 Å². The van der Waals surface area contributed by atoms with Crippen LogP contribution in [0.15, 0.2) is 122 Å². The van der Waals surface area contributed by atoms with E-state index in [-0.39, 0.29) is 31.1 Å². The number of hydrogen-bond acceptors (Lipinski definition) is 6. The SMILES string of the molecule is CC/C=C\C/C=C\C/C=C\C/C=C\C/C=C\C/C=C\C/C=C\C/C=C\C/C=C\CCCCCC(=O)OCC(COC(=O)CCCCCCCCCCCCC)OC(=O)CCCCCCCCCCCCC/C=C\CCCCCCCCCC. The van der Waals surface area contributed by atoms with E-state index in [9.17, 15) is 14.4 Å². The van der Waals surface area contributed by atoms with Crippen molar-refractivity contribution in [3.05, 3.63) is 122 Å². The largest absolute Gasteiger partial charge is 0.462 e. The predicted molar refractivity (Wildman–Crippen MR) is 362 cm³/mol. The molecule has 0 N–H and O–H groups in total. The van der Waals surface area contributed by atoms with Gasteiger partial charge in [0.1, 0.15) is 13.2 Å². The first-order valence-corrected chi connectivity index (χ1v) is 35.0. The Balaban J connectivity index is 4.33. The van der Waals surface area contributed by atoms with Crippen LogP contribution in [0.25, 0.3) is 0 Å². The lowest BCUT2D eigenvalue weighted by Crippen LogP contribution is -2.30. The first-order chi connectivity index (χ1) is 41.0. The van der Waals surface area contributed by atoms with Gasteiger partial charge in [-0.25, -0.2) is 0 Å². The Morgan fingerprint density at radius 3 is 0.759 bits per heavy atom. The predicted octanol–water partition coefficient (Wildman–Crippen LogP) is 24.3. The average molecular weight is 1150 g/mol. The first-order valence-electron chi connectivity index (χ1n) is 35.0. The number of hydrogen-bond donors (Lipinski definition) is 0. The fraction of sp³-hybridized carbons (Fsp3) is 0.701. The third-order valence-corrected chi connectivity index (χ3v) is 15.0. The summed E-state index contributed by atoms with van der Waals surface area (Å²) in [5.74, 6) is -0.914. The molecule has 1 atom stereocenters. The van der Waals surface area contributed by atoms with Gasteiger partial charge in [0.05, 0.1) is 0 Å². The summed E-state index contributed by atoms with van der Waals surface area (Å²) in [6.45, 7) is 6.52. The van der Waals surface area contributed by atoms with Crippen molar-refractivity contribution in [1.82, 2.24) is 0 Å². The summed E-state index contributed by atoms with van der Waals surface area (Å²) in [6.07, 6.45) is 98.0. The molecule has 6 nitrogen and oxygen atoms in total. The molecule has 0 saturated heterocycles. The molecule has 0 heterocycles. The average Bonchev–Trinajstić information content (AvgIpc) is 3.48. The number of carbonyl (C=O) groups is 3. The number of esters is 3. The third kappa shape index (κ3) is 68.5. The molecule has 0 fully saturated rings. The van der Waals surface area contributed by atoms with Crippen molar-refractivity contribution in [3.63, 3.8) is 0 Å². The summed E-state index contributed by atoms with van der Waals surface area (Å²) in [6, 6.07) is 0. The molecule has 0 aliphatic carbocycles. The molecule has 0 aliphatic heterocycles. The number of unbranched alkanes of at least 4 members (excludes halogenated alkanes) is 32. The van der Waals surface area contributed by atoms with Crippen LogP contribution >= 0.6 is 0 Å². The van der Waals surface area contributed by atoms with E-state index in [1.807, 2.05) is 0 Å². The van der Waals surface area contributed by atoms with Gasteiger partial charge in [-0.3, -0.25) is 14.4 Å². The summed E-state index contributed by atoms with van der Waals surface area (Å²) in [4.78, 5) is 38.3. The Bertz CT molecular complexity index is 1700. The van der Waals surface area contributed by atoms with E-state index in [2.05, 4.69) is 142 Å². The molecule has 0 aromatic rings. The van der Waals surface area contributed by atoms with E-state index >= 15 is 0 Å². The smallest absolute Gasteiger partial charge is 0.306 e.